The molecular formula is C26H28FN7O3. The van der Waals surface area contributed by atoms with E-state index in [1.807, 2.05) is 48.9 Å². The van der Waals surface area contributed by atoms with Crippen molar-refractivity contribution in [1.82, 2.24) is 24.4 Å². The molecule has 3 heterocycles. The van der Waals surface area contributed by atoms with Crippen molar-refractivity contribution in [2.45, 2.75) is 0 Å². The summed E-state index contributed by atoms with van der Waals surface area (Å²) >= 11 is 0. The second kappa shape index (κ2) is 11.0. The lowest BCUT2D eigenvalue weighted by atomic mass is 10.1. The van der Waals surface area contributed by atoms with Gasteiger partial charge in [0, 0.05) is 43.0 Å². The number of aromatic nitrogens is 4. The highest BCUT2D eigenvalue weighted by Gasteiger charge is 2.17. The Morgan fingerprint density at radius 1 is 1.19 bits per heavy atom. The van der Waals surface area contributed by atoms with Crippen molar-refractivity contribution < 1.29 is 18.7 Å². The number of carbonyl (C=O) groups excluding carboxylic acids is 1. The summed E-state index contributed by atoms with van der Waals surface area (Å²) in [6.07, 6.45) is 5.70. The fourth-order valence-corrected chi connectivity index (χ4v) is 3.60. The van der Waals surface area contributed by atoms with Crippen molar-refractivity contribution in [3.63, 3.8) is 0 Å². The van der Waals surface area contributed by atoms with Gasteiger partial charge in [-0.15, -0.1) is 0 Å². The lowest BCUT2D eigenvalue weighted by molar-refractivity contribution is -0.111. The van der Waals surface area contributed by atoms with Crippen LogP contribution in [0.15, 0.2) is 55.5 Å². The van der Waals surface area contributed by atoms with Gasteiger partial charge in [-0.25, -0.2) is 19.3 Å². The van der Waals surface area contributed by atoms with Crippen molar-refractivity contribution in [2.24, 2.45) is 7.05 Å². The molecule has 1 aromatic carbocycles. The number of ether oxygens (including phenoxy) is 2. The van der Waals surface area contributed by atoms with Crippen LogP contribution in [0.2, 0.25) is 0 Å². The molecule has 0 aliphatic carbocycles. The molecule has 0 aliphatic heterocycles. The maximum absolute atomic E-state index is 14.7. The number of carbonyl (C=O) groups is 1. The molecule has 1 amide bonds. The van der Waals surface area contributed by atoms with Gasteiger partial charge < -0.3 is 29.6 Å². The number of nitrogens with one attached hydrogen (secondary N) is 2. The third kappa shape index (κ3) is 5.84. The number of anilines is 3. The fourth-order valence-electron chi connectivity index (χ4n) is 3.60. The van der Waals surface area contributed by atoms with Crippen LogP contribution in [0.3, 0.4) is 0 Å². The number of halogens is 1. The molecule has 10 nitrogen and oxygen atoms in total. The first-order chi connectivity index (χ1) is 17.8. The van der Waals surface area contributed by atoms with Crippen LogP contribution < -0.4 is 20.1 Å². The number of benzene rings is 1. The van der Waals surface area contributed by atoms with E-state index in [-0.39, 0.29) is 11.6 Å². The van der Waals surface area contributed by atoms with Crippen LogP contribution in [0.25, 0.3) is 22.3 Å². The Bertz CT molecular complexity index is 1450. The van der Waals surface area contributed by atoms with Gasteiger partial charge in [0.05, 0.1) is 24.7 Å². The molecule has 37 heavy (non-hydrogen) atoms. The first-order valence-electron chi connectivity index (χ1n) is 11.4. The maximum Gasteiger partial charge on any atom is 0.247 e. The number of hydrogen-bond acceptors (Lipinski definition) is 8. The molecule has 192 valence electrons. The van der Waals surface area contributed by atoms with E-state index in [0.29, 0.717) is 41.6 Å². The van der Waals surface area contributed by atoms with Gasteiger partial charge >= 0.3 is 0 Å². The summed E-state index contributed by atoms with van der Waals surface area (Å²) in [7, 11) is 7.26. The summed E-state index contributed by atoms with van der Waals surface area (Å²) in [6, 6.07) is 7.00. The minimum atomic E-state index is -0.585. The van der Waals surface area contributed by atoms with Crippen LogP contribution in [0.1, 0.15) is 0 Å². The Hall–Kier alpha value is -4.51. The normalized spacial score (nSPS) is 11.0. The Morgan fingerprint density at radius 2 is 2.00 bits per heavy atom. The standard InChI is InChI=1S/C26H28FN7O3/c1-6-23(35)30-20-12-19(21(36-5)13-22(20)37-10-9-33(2)3)31-26-29-15-18(27)24(32-26)17-11-16-7-8-34(4)25(16)28-14-17/h6-8,11-15H,1,9-10H2,2-5H3,(H,30,35)(H,29,31,32). The Kier molecular flexibility index (Phi) is 7.63. The fraction of sp³-hybridized carbons (Fsp3) is 0.231. The van der Waals surface area contributed by atoms with Crippen molar-refractivity contribution >= 4 is 34.3 Å². The first kappa shape index (κ1) is 25.6. The summed E-state index contributed by atoms with van der Waals surface area (Å²) in [4.78, 5) is 26.9. The molecule has 0 spiro atoms. The van der Waals surface area contributed by atoms with Crippen molar-refractivity contribution in [3.05, 3.63) is 61.3 Å². The number of aryl methyl sites for hydroxylation is 1. The molecule has 2 N–H and O–H groups in total. The van der Waals surface area contributed by atoms with E-state index in [1.165, 1.54) is 7.11 Å². The number of methoxy groups -OCH3 is 1. The zero-order valence-electron chi connectivity index (χ0n) is 21.1. The maximum atomic E-state index is 14.7. The van der Waals surface area contributed by atoms with E-state index in [0.717, 1.165) is 23.3 Å². The van der Waals surface area contributed by atoms with Crippen LogP contribution in [-0.4, -0.2) is 64.7 Å². The van der Waals surface area contributed by atoms with Gasteiger partial charge in [-0.1, -0.05) is 6.58 Å². The van der Waals surface area contributed by atoms with Gasteiger partial charge in [0.2, 0.25) is 11.9 Å². The summed E-state index contributed by atoms with van der Waals surface area (Å²) in [5.41, 5.74) is 2.23. The predicted molar refractivity (Wildman–Crippen MR) is 141 cm³/mol. The highest BCUT2D eigenvalue weighted by atomic mass is 19.1. The molecule has 0 unspecified atom stereocenters. The molecule has 0 fully saturated rings. The minimum Gasteiger partial charge on any atom is -0.494 e. The van der Waals surface area contributed by atoms with Crippen LogP contribution in [0, 0.1) is 5.82 Å². The van der Waals surface area contributed by atoms with Crippen LogP contribution in [0.4, 0.5) is 21.7 Å². The third-order valence-corrected chi connectivity index (χ3v) is 5.51. The van der Waals surface area contributed by atoms with Gasteiger partial charge in [0.1, 0.15) is 29.4 Å². The number of fused-ring (bicyclic) bond motifs is 1. The molecule has 0 atom stereocenters. The van der Waals surface area contributed by atoms with Gasteiger partial charge in [-0.3, -0.25) is 4.79 Å². The Balaban J connectivity index is 1.68. The predicted octanol–water partition coefficient (Wildman–Crippen LogP) is 3.99. The average molecular weight is 506 g/mol. The van der Waals surface area contributed by atoms with E-state index in [9.17, 15) is 9.18 Å². The molecule has 0 saturated heterocycles. The van der Waals surface area contributed by atoms with Gasteiger partial charge in [-0.2, -0.15) is 0 Å². The number of rotatable bonds is 10. The Labute approximate surface area is 213 Å². The van der Waals surface area contributed by atoms with E-state index in [4.69, 9.17) is 9.47 Å². The second-order valence-corrected chi connectivity index (χ2v) is 8.47. The van der Waals surface area contributed by atoms with E-state index < -0.39 is 11.7 Å². The van der Waals surface area contributed by atoms with Crippen LogP contribution in [0.5, 0.6) is 11.5 Å². The summed E-state index contributed by atoms with van der Waals surface area (Å²) in [5, 5.41) is 6.66. The van der Waals surface area contributed by atoms with Crippen molar-refractivity contribution in [2.75, 3.05) is 45.0 Å². The molecule has 0 bridgehead atoms. The van der Waals surface area contributed by atoms with E-state index in [1.54, 1.807) is 18.3 Å². The molecule has 4 rings (SSSR count). The van der Waals surface area contributed by atoms with Crippen molar-refractivity contribution in [3.8, 4) is 22.8 Å². The zero-order chi connectivity index (χ0) is 26.5. The van der Waals surface area contributed by atoms with E-state index in [2.05, 4.69) is 32.2 Å². The number of amides is 1. The number of hydrogen-bond donors (Lipinski definition) is 2. The zero-order valence-corrected chi connectivity index (χ0v) is 21.1. The number of pyridine rings is 1. The van der Waals surface area contributed by atoms with E-state index >= 15 is 0 Å². The van der Waals surface area contributed by atoms with Gasteiger partial charge in [0.15, 0.2) is 5.82 Å². The van der Waals surface area contributed by atoms with Crippen LogP contribution >= 0.6 is 0 Å². The smallest absolute Gasteiger partial charge is 0.247 e. The SMILES string of the molecule is C=CC(=O)Nc1cc(Nc2ncc(F)c(-c3cnc4c(ccn4C)c3)n2)c(OC)cc1OCCN(C)C. The minimum absolute atomic E-state index is 0.0959. The first-order valence-corrected chi connectivity index (χ1v) is 11.4. The molecule has 0 aliphatic rings. The Morgan fingerprint density at radius 3 is 2.73 bits per heavy atom. The number of nitrogens with zero attached hydrogens (tertiary/aromatic N) is 5. The molecular weight excluding hydrogens is 477 g/mol. The summed E-state index contributed by atoms with van der Waals surface area (Å²) < 4.78 is 28.0. The summed E-state index contributed by atoms with van der Waals surface area (Å²) in [5.74, 6) is -0.0262. The lowest BCUT2D eigenvalue weighted by Crippen LogP contribution is -2.20. The quantitative estimate of drug-likeness (QED) is 0.312. The van der Waals surface area contributed by atoms with Gasteiger partial charge in [-0.05, 0) is 38.4 Å². The van der Waals surface area contributed by atoms with Gasteiger partial charge in [0.25, 0.3) is 0 Å². The molecule has 11 heteroatoms. The van der Waals surface area contributed by atoms with Crippen molar-refractivity contribution in [1.29, 1.82) is 0 Å². The monoisotopic (exact) mass is 505 g/mol. The molecule has 0 radical (unpaired) electrons. The summed E-state index contributed by atoms with van der Waals surface area (Å²) in [6.45, 7) is 4.57. The lowest BCUT2D eigenvalue weighted by Gasteiger charge is -2.18. The topological polar surface area (TPSA) is 106 Å². The molecule has 0 saturated carbocycles. The molecule has 4 aromatic rings. The third-order valence-electron chi connectivity index (χ3n) is 5.51. The highest BCUT2D eigenvalue weighted by Crippen LogP contribution is 2.38. The molecule has 3 aromatic heterocycles. The number of likely N-dealkylation sites (N-methyl/N-ethyl adjacent to an activating group) is 1. The highest BCUT2D eigenvalue weighted by molar-refractivity contribution is 6.00. The van der Waals surface area contributed by atoms with Crippen LogP contribution in [-0.2, 0) is 11.8 Å². The second-order valence-electron chi connectivity index (χ2n) is 8.47. The average Bonchev–Trinajstić information content (AvgIpc) is 3.25. The largest absolute Gasteiger partial charge is 0.494 e.